The minimum Gasteiger partial charge on any atom is -0.465 e. The Morgan fingerprint density at radius 3 is 2.31 bits per heavy atom. The number of carbonyl (C=O) groups is 2. The fourth-order valence-electron chi connectivity index (χ4n) is 4.45. The van der Waals surface area contributed by atoms with E-state index in [-0.39, 0.29) is 17.2 Å². The molecular weight excluding hydrogens is 452 g/mol. The van der Waals surface area contributed by atoms with Crippen molar-refractivity contribution in [3.8, 4) is 5.75 Å². The van der Waals surface area contributed by atoms with Gasteiger partial charge in [0.25, 0.3) is 0 Å². The van der Waals surface area contributed by atoms with Crippen LogP contribution in [0.5, 0.6) is 5.75 Å². The molecule has 4 aromatic rings. The second-order valence-electron chi connectivity index (χ2n) is 8.54. The van der Waals surface area contributed by atoms with E-state index < -0.39 is 5.97 Å². The van der Waals surface area contributed by atoms with E-state index in [0.717, 1.165) is 17.5 Å². The number of hydrogen-bond donors (Lipinski definition) is 1. The summed E-state index contributed by atoms with van der Waals surface area (Å²) in [4.78, 5) is 25.1. The average Bonchev–Trinajstić information content (AvgIpc) is 3.47. The van der Waals surface area contributed by atoms with E-state index >= 15 is 0 Å². The van der Waals surface area contributed by atoms with Gasteiger partial charge in [-0.15, -0.1) is 0 Å². The van der Waals surface area contributed by atoms with Crippen LogP contribution in [0.15, 0.2) is 119 Å². The molecule has 1 aromatic heterocycles. The van der Waals surface area contributed by atoms with Crippen molar-refractivity contribution < 1.29 is 18.7 Å². The lowest BCUT2D eigenvalue weighted by Crippen LogP contribution is -2.25. The molecule has 5 rings (SSSR count). The summed E-state index contributed by atoms with van der Waals surface area (Å²) in [5.41, 5.74) is 5.26. The molecule has 178 valence electrons. The summed E-state index contributed by atoms with van der Waals surface area (Å²) in [6, 6.07) is 30.6. The molecule has 0 bridgehead atoms. The number of esters is 1. The van der Waals surface area contributed by atoms with E-state index in [1.54, 1.807) is 36.4 Å². The van der Waals surface area contributed by atoms with E-state index in [2.05, 4.69) is 34.8 Å². The number of nitrogens with zero attached hydrogens (tertiary/aromatic N) is 1. The lowest BCUT2D eigenvalue weighted by molar-refractivity contribution is -0.129. The topological polar surface area (TPSA) is 80.9 Å². The number of benzene rings is 3. The lowest BCUT2D eigenvalue weighted by atomic mass is 9.85. The van der Waals surface area contributed by atoms with Crippen LogP contribution in [-0.2, 0) is 15.0 Å². The highest BCUT2D eigenvalue weighted by Crippen LogP contribution is 2.58. The predicted molar refractivity (Wildman–Crippen MR) is 137 cm³/mol. The first-order chi connectivity index (χ1) is 17.6. The Labute approximate surface area is 208 Å². The van der Waals surface area contributed by atoms with Gasteiger partial charge in [-0.2, -0.15) is 5.10 Å². The zero-order chi connectivity index (χ0) is 24.8. The van der Waals surface area contributed by atoms with Gasteiger partial charge < -0.3 is 9.15 Å². The van der Waals surface area contributed by atoms with Gasteiger partial charge in [0.2, 0.25) is 5.91 Å². The molecule has 36 heavy (non-hydrogen) atoms. The van der Waals surface area contributed by atoms with Crippen molar-refractivity contribution in [3.05, 3.63) is 132 Å². The van der Waals surface area contributed by atoms with E-state index in [1.807, 2.05) is 36.4 Å². The molecule has 0 spiro atoms. The van der Waals surface area contributed by atoms with Crippen LogP contribution in [0.3, 0.4) is 0 Å². The van der Waals surface area contributed by atoms with Crippen LogP contribution >= 0.6 is 0 Å². The molecule has 0 saturated heterocycles. The highest BCUT2D eigenvalue weighted by molar-refractivity contribution is 5.89. The van der Waals surface area contributed by atoms with Crippen LogP contribution in [0.1, 0.15) is 28.9 Å². The van der Waals surface area contributed by atoms with Crippen molar-refractivity contribution in [2.45, 2.75) is 11.8 Å². The minimum atomic E-state index is -0.527. The number of nitrogens with one attached hydrogen (secondary N) is 1. The fourth-order valence-corrected chi connectivity index (χ4v) is 4.45. The van der Waals surface area contributed by atoms with Crippen molar-refractivity contribution in [1.29, 1.82) is 0 Å². The van der Waals surface area contributed by atoms with Gasteiger partial charge in [0.15, 0.2) is 0 Å². The molecule has 0 aliphatic heterocycles. The van der Waals surface area contributed by atoms with Gasteiger partial charge in [0.1, 0.15) is 11.5 Å². The summed E-state index contributed by atoms with van der Waals surface area (Å²) < 4.78 is 10.5. The van der Waals surface area contributed by atoms with Gasteiger partial charge >= 0.3 is 5.97 Å². The Bertz CT molecular complexity index is 1350. The maximum atomic E-state index is 13.0. The zero-order valence-electron chi connectivity index (χ0n) is 19.4. The van der Waals surface area contributed by atoms with Crippen molar-refractivity contribution in [2.75, 3.05) is 0 Å². The Balaban J connectivity index is 1.23. The third kappa shape index (κ3) is 5.03. The molecule has 1 N–H and O–H groups in total. The molecule has 3 aromatic carbocycles. The average molecular weight is 477 g/mol. The number of carbonyl (C=O) groups excluding carboxylic acids is 2. The van der Waals surface area contributed by atoms with E-state index in [9.17, 15) is 9.59 Å². The van der Waals surface area contributed by atoms with Crippen molar-refractivity contribution in [3.63, 3.8) is 0 Å². The molecular formula is C30H24N2O4. The Hall–Kier alpha value is -4.71. The van der Waals surface area contributed by atoms with Gasteiger partial charge in [-0.25, -0.2) is 10.2 Å². The van der Waals surface area contributed by atoms with Crippen LogP contribution in [0, 0.1) is 5.92 Å². The molecule has 1 fully saturated rings. The summed E-state index contributed by atoms with van der Waals surface area (Å²) in [5, 5.41) is 4.15. The standard InChI is InChI=1S/C30H24N2O4/c33-28(17-16-25-15-8-18-35-25)36-26-14-7-9-22(19-26)21-31-32-29(34)27-20-30(27,23-10-3-1-4-11-23)24-12-5-2-6-13-24/h1-19,21,27H,20H2,(H,32,34)/b17-16+,31-21+. The highest BCUT2D eigenvalue weighted by atomic mass is 16.5. The van der Waals surface area contributed by atoms with Crippen LogP contribution in [0.4, 0.5) is 0 Å². The third-order valence-electron chi connectivity index (χ3n) is 6.25. The monoisotopic (exact) mass is 476 g/mol. The molecule has 1 heterocycles. The Kier molecular flexibility index (Phi) is 6.58. The van der Waals surface area contributed by atoms with Crippen molar-refractivity contribution >= 4 is 24.2 Å². The van der Waals surface area contributed by atoms with Crippen molar-refractivity contribution in [2.24, 2.45) is 11.0 Å². The zero-order valence-corrected chi connectivity index (χ0v) is 19.4. The normalized spacial score (nSPS) is 16.2. The number of amides is 1. The molecule has 1 aliphatic carbocycles. The second kappa shape index (κ2) is 10.3. The van der Waals surface area contributed by atoms with Gasteiger partial charge in [-0.05, 0) is 53.5 Å². The first-order valence-corrected chi connectivity index (χ1v) is 11.6. The molecule has 1 saturated carbocycles. The number of hydrazone groups is 1. The molecule has 6 heteroatoms. The molecule has 1 amide bonds. The molecule has 1 aliphatic rings. The highest BCUT2D eigenvalue weighted by Gasteiger charge is 2.60. The van der Waals surface area contributed by atoms with Gasteiger partial charge in [0.05, 0.1) is 18.4 Å². The number of rotatable bonds is 8. The molecule has 1 atom stereocenters. The second-order valence-corrected chi connectivity index (χ2v) is 8.54. The Morgan fingerprint density at radius 2 is 1.64 bits per heavy atom. The number of ether oxygens (including phenoxy) is 1. The van der Waals surface area contributed by atoms with E-state index in [1.165, 1.54) is 24.6 Å². The maximum Gasteiger partial charge on any atom is 0.336 e. The summed E-state index contributed by atoms with van der Waals surface area (Å²) >= 11 is 0. The predicted octanol–water partition coefficient (Wildman–Crippen LogP) is 5.35. The summed E-state index contributed by atoms with van der Waals surface area (Å²) in [7, 11) is 0. The van der Waals surface area contributed by atoms with Crippen LogP contribution in [-0.4, -0.2) is 18.1 Å². The van der Waals surface area contributed by atoms with E-state index in [0.29, 0.717) is 17.1 Å². The van der Waals surface area contributed by atoms with Gasteiger partial charge in [0, 0.05) is 11.5 Å². The third-order valence-corrected chi connectivity index (χ3v) is 6.25. The minimum absolute atomic E-state index is 0.135. The van der Waals surface area contributed by atoms with Crippen molar-refractivity contribution in [1.82, 2.24) is 5.43 Å². The lowest BCUT2D eigenvalue weighted by Gasteiger charge is -2.18. The first kappa shape index (κ1) is 23.1. The SMILES string of the molecule is O=C(/C=C/c1ccco1)Oc1cccc(/C=N/NC(=O)C2CC2(c2ccccc2)c2ccccc2)c1. The van der Waals surface area contributed by atoms with E-state index in [4.69, 9.17) is 9.15 Å². The Morgan fingerprint density at radius 1 is 0.917 bits per heavy atom. The molecule has 6 nitrogen and oxygen atoms in total. The summed E-state index contributed by atoms with van der Waals surface area (Å²) in [5.74, 6) is 0.0505. The largest absolute Gasteiger partial charge is 0.465 e. The van der Waals surface area contributed by atoms with Crippen LogP contribution < -0.4 is 10.2 Å². The van der Waals surface area contributed by atoms with Crippen LogP contribution in [0.25, 0.3) is 6.08 Å². The number of hydrogen-bond acceptors (Lipinski definition) is 5. The fraction of sp³-hybridized carbons (Fsp3) is 0.100. The summed E-state index contributed by atoms with van der Waals surface area (Å²) in [6.07, 6.45) is 6.61. The maximum absolute atomic E-state index is 13.0. The smallest absolute Gasteiger partial charge is 0.336 e. The summed E-state index contributed by atoms with van der Waals surface area (Å²) in [6.45, 7) is 0. The van der Waals surface area contributed by atoms with Gasteiger partial charge in [-0.3, -0.25) is 4.79 Å². The molecule has 0 radical (unpaired) electrons. The molecule has 1 unspecified atom stereocenters. The number of furan rings is 1. The quantitative estimate of drug-likeness (QED) is 0.122. The van der Waals surface area contributed by atoms with Gasteiger partial charge in [-0.1, -0.05) is 72.8 Å². The first-order valence-electron chi connectivity index (χ1n) is 11.6. The van der Waals surface area contributed by atoms with Crippen LogP contribution in [0.2, 0.25) is 0 Å².